The molecule has 1 aliphatic heterocycles. The summed E-state index contributed by atoms with van der Waals surface area (Å²) in [5, 5.41) is 4.51. The van der Waals surface area contributed by atoms with E-state index in [0.717, 1.165) is 48.3 Å². The maximum absolute atomic E-state index is 11.6. The highest BCUT2D eigenvalue weighted by molar-refractivity contribution is 5.87. The first-order valence-electron chi connectivity index (χ1n) is 11.4. The molecule has 0 spiro atoms. The van der Waals surface area contributed by atoms with Crippen LogP contribution in [-0.2, 0) is 35.5 Å². The minimum absolute atomic E-state index is 0.212. The van der Waals surface area contributed by atoms with Gasteiger partial charge in [0.25, 0.3) is 0 Å². The Kier molecular flexibility index (Phi) is 6.03. The van der Waals surface area contributed by atoms with Crippen molar-refractivity contribution in [2.75, 3.05) is 23.9 Å². The van der Waals surface area contributed by atoms with Crippen molar-refractivity contribution in [1.29, 1.82) is 0 Å². The van der Waals surface area contributed by atoms with Crippen LogP contribution in [0.5, 0.6) is 0 Å². The van der Waals surface area contributed by atoms with Crippen molar-refractivity contribution in [2.24, 2.45) is 0 Å². The Bertz CT molecular complexity index is 1260. The molecule has 5 heteroatoms. The number of hydrogen-bond acceptors (Lipinski definition) is 5. The summed E-state index contributed by atoms with van der Waals surface area (Å²) in [4.78, 5) is 14.1. The molecule has 2 heterocycles. The standard InChI is InChI=1S/C28H28N2O3/c1-32-27(31)15-23-19-33-26-16-24(12-13-25(23)26)29-17-22-10-5-9-21-11-6-14-30(28(21)22)18-20-7-3-2-4-8-20/h2-5,7-10,12-13,16,19,29H,6,11,14-15,17-18H2,1H3. The number of hydrogen-bond donors (Lipinski definition) is 1. The van der Waals surface area contributed by atoms with Crippen LogP contribution in [0.2, 0.25) is 0 Å². The van der Waals surface area contributed by atoms with Gasteiger partial charge >= 0.3 is 5.97 Å². The van der Waals surface area contributed by atoms with Crippen LogP contribution < -0.4 is 10.2 Å². The Balaban J connectivity index is 1.35. The summed E-state index contributed by atoms with van der Waals surface area (Å²) in [7, 11) is 1.40. The van der Waals surface area contributed by atoms with E-state index >= 15 is 0 Å². The average molecular weight is 441 g/mol. The van der Waals surface area contributed by atoms with Crippen molar-refractivity contribution in [3.8, 4) is 0 Å². The number of furan rings is 1. The fourth-order valence-corrected chi connectivity index (χ4v) is 4.68. The predicted octanol–water partition coefficient (Wildman–Crippen LogP) is 5.71. The molecule has 0 saturated carbocycles. The van der Waals surface area contributed by atoms with Gasteiger partial charge in [-0.15, -0.1) is 0 Å². The molecular formula is C28H28N2O3. The summed E-state index contributed by atoms with van der Waals surface area (Å²) in [6.45, 7) is 2.72. The van der Waals surface area contributed by atoms with E-state index in [0.29, 0.717) is 0 Å². The molecule has 0 saturated heterocycles. The second kappa shape index (κ2) is 9.41. The number of benzene rings is 3. The highest BCUT2D eigenvalue weighted by Gasteiger charge is 2.20. The van der Waals surface area contributed by atoms with Crippen LogP contribution in [0.3, 0.4) is 0 Å². The fraction of sp³-hybridized carbons (Fsp3) is 0.250. The van der Waals surface area contributed by atoms with Crippen molar-refractivity contribution >= 4 is 28.3 Å². The number of carbonyl (C=O) groups is 1. The number of nitrogens with one attached hydrogen (secondary N) is 1. The molecule has 3 aromatic carbocycles. The molecule has 1 N–H and O–H groups in total. The minimum atomic E-state index is -0.270. The first-order valence-corrected chi connectivity index (χ1v) is 11.4. The molecule has 168 valence electrons. The van der Waals surface area contributed by atoms with Gasteiger partial charge in [-0.1, -0.05) is 48.5 Å². The molecule has 0 aliphatic carbocycles. The lowest BCUT2D eigenvalue weighted by atomic mass is 9.97. The lowest BCUT2D eigenvalue weighted by Crippen LogP contribution is -2.30. The summed E-state index contributed by atoms with van der Waals surface area (Å²) in [6.07, 6.45) is 4.15. The van der Waals surface area contributed by atoms with Gasteiger partial charge in [-0.2, -0.15) is 0 Å². The summed E-state index contributed by atoms with van der Waals surface area (Å²) < 4.78 is 10.5. The Morgan fingerprint density at radius 2 is 1.94 bits per heavy atom. The Hall–Kier alpha value is -3.73. The van der Waals surface area contributed by atoms with Crippen LogP contribution in [0.25, 0.3) is 11.0 Å². The molecule has 0 fully saturated rings. The monoisotopic (exact) mass is 440 g/mol. The van der Waals surface area contributed by atoms with Gasteiger partial charge in [-0.3, -0.25) is 4.79 Å². The molecule has 1 aliphatic rings. The molecule has 0 radical (unpaired) electrons. The normalized spacial score (nSPS) is 13.1. The largest absolute Gasteiger partial charge is 0.469 e. The van der Waals surface area contributed by atoms with Gasteiger partial charge in [0.1, 0.15) is 5.58 Å². The second-order valence-electron chi connectivity index (χ2n) is 8.51. The number of carbonyl (C=O) groups excluding carboxylic acids is 1. The number of fused-ring (bicyclic) bond motifs is 2. The van der Waals surface area contributed by atoms with Gasteiger partial charge in [0.2, 0.25) is 0 Å². The van der Waals surface area contributed by atoms with Crippen molar-refractivity contribution in [3.05, 3.63) is 95.2 Å². The molecular weight excluding hydrogens is 412 g/mol. The third-order valence-electron chi connectivity index (χ3n) is 6.31. The highest BCUT2D eigenvalue weighted by atomic mass is 16.5. The zero-order chi connectivity index (χ0) is 22.6. The van der Waals surface area contributed by atoms with Gasteiger partial charge < -0.3 is 19.4 Å². The predicted molar refractivity (Wildman–Crippen MR) is 132 cm³/mol. The zero-order valence-electron chi connectivity index (χ0n) is 18.8. The lowest BCUT2D eigenvalue weighted by molar-refractivity contribution is -0.139. The summed E-state index contributed by atoms with van der Waals surface area (Å²) in [5.74, 6) is -0.270. The van der Waals surface area contributed by atoms with E-state index in [1.54, 1.807) is 6.26 Å². The topological polar surface area (TPSA) is 54.7 Å². The van der Waals surface area contributed by atoms with Gasteiger partial charge in [-0.25, -0.2) is 0 Å². The number of nitrogens with zero attached hydrogens (tertiary/aromatic N) is 1. The van der Waals surface area contributed by atoms with E-state index in [-0.39, 0.29) is 12.4 Å². The van der Waals surface area contributed by atoms with Crippen LogP contribution >= 0.6 is 0 Å². The zero-order valence-corrected chi connectivity index (χ0v) is 18.8. The van der Waals surface area contributed by atoms with E-state index in [4.69, 9.17) is 9.15 Å². The molecule has 0 unspecified atom stereocenters. The number of rotatable bonds is 7. The van der Waals surface area contributed by atoms with Crippen molar-refractivity contribution < 1.29 is 13.9 Å². The van der Waals surface area contributed by atoms with Crippen molar-refractivity contribution in [3.63, 3.8) is 0 Å². The quantitative estimate of drug-likeness (QED) is 0.373. The van der Waals surface area contributed by atoms with Crippen LogP contribution in [0.15, 0.2) is 77.4 Å². The molecule has 0 atom stereocenters. The third kappa shape index (κ3) is 4.58. The smallest absolute Gasteiger partial charge is 0.310 e. The summed E-state index contributed by atoms with van der Waals surface area (Å²) >= 11 is 0. The molecule has 0 bridgehead atoms. The SMILES string of the molecule is COC(=O)Cc1coc2cc(NCc3cccc4c3N(Cc3ccccc3)CCC4)ccc12. The number of para-hydroxylation sites is 1. The Morgan fingerprint density at radius 1 is 1.06 bits per heavy atom. The fourth-order valence-electron chi connectivity index (χ4n) is 4.68. The van der Waals surface area contributed by atoms with Gasteiger partial charge in [0, 0.05) is 48.0 Å². The van der Waals surface area contributed by atoms with Crippen LogP contribution in [0.1, 0.15) is 28.7 Å². The van der Waals surface area contributed by atoms with Gasteiger partial charge in [0.15, 0.2) is 0 Å². The van der Waals surface area contributed by atoms with E-state index in [1.807, 2.05) is 18.2 Å². The molecule has 4 aromatic rings. The van der Waals surface area contributed by atoms with Crippen molar-refractivity contribution in [1.82, 2.24) is 0 Å². The van der Waals surface area contributed by atoms with E-state index in [9.17, 15) is 4.79 Å². The number of anilines is 2. The van der Waals surface area contributed by atoms with Crippen LogP contribution in [-0.4, -0.2) is 19.6 Å². The molecule has 0 amide bonds. The second-order valence-corrected chi connectivity index (χ2v) is 8.51. The highest BCUT2D eigenvalue weighted by Crippen LogP contribution is 2.33. The maximum Gasteiger partial charge on any atom is 0.310 e. The van der Waals surface area contributed by atoms with Crippen molar-refractivity contribution in [2.45, 2.75) is 32.4 Å². The molecule has 33 heavy (non-hydrogen) atoms. The number of methoxy groups -OCH3 is 1. The van der Waals surface area contributed by atoms with Crippen LogP contribution in [0, 0.1) is 0 Å². The van der Waals surface area contributed by atoms with Gasteiger partial charge in [0.05, 0.1) is 19.8 Å². The summed E-state index contributed by atoms with van der Waals surface area (Å²) in [5.41, 5.74) is 8.01. The first-order chi connectivity index (χ1) is 16.2. The van der Waals surface area contributed by atoms with E-state index < -0.39 is 0 Å². The molecule has 5 rings (SSSR count). The lowest BCUT2D eigenvalue weighted by Gasteiger charge is -2.33. The van der Waals surface area contributed by atoms with E-state index in [1.165, 1.54) is 35.9 Å². The Morgan fingerprint density at radius 3 is 2.79 bits per heavy atom. The molecule has 5 nitrogen and oxygen atoms in total. The molecule has 1 aromatic heterocycles. The minimum Gasteiger partial charge on any atom is -0.469 e. The van der Waals surface area contributed by atoms with Crippen LogP contribution in [0.4, 0.5) is 11.4 Å². The average Bonchev–Trinajstić information content (AvgIpc) is 3.25. The number of ether oxygens (including phenoxy) is 1. The maximum atomic E-state index is 11.6. The Labute approximate surface area is 194 Å². The van der Waals surface area contributed by atoms with E-state index in [2.05, 4.69) is 58.7 Å². The van der Waals surface area contributed by atoms with Gasteiger partial charge in [-0.05, 0) is 41.7 Å². The number of esters is 1. The number of aryl methyl sites for hydroxylation is 1. The summed E-state index contributed by atoms with van der Waals surface area (Å²) in [6, 6.07) is 23.3. The third-order valence-corrected chi connectivity index (χ3v) is 6.31. The first kappa shape index (κ1) is 21.1.